The Balaban J connectivity index is 1.93. The number of unbranched alkanes of at least 4 members (excludes halogenated alkanes) is 1. The molecule has 0 fully saturated rings. The van der Waals surface area contributed by atoms with Crippen LogP contribution in [0.2, 0.25) is 0 Å². The fourth-order valence-corrected chi connectivity index (χ4v) is 2.40. The van der Waals surface area contributed by atoms with E-state index in [1.54, 1.807) is 0 Å². The van der Waals surface area contributed by atoms with Crippen molar-refractivity contribution in [2.24, 2.45) is 0 Å². The Hall–Kier alpha value is -2.19. The quantitative estimate of drug-likeness (QED) is 0.547. The Morgan fingerprint density at radius 1 is 1.17 bits per heavy atom. The molecule has 0 aliphatic rings. The van der Waals surface area contributed by atoms with Gasteiger partial charge in [-0.05, 0) is 49.8 Å². The molecule has 0 spiro atoms. The number of hydrogen-bond acceptors (Lipinski definition) is 2. The van der Waals surface area contributed by atoms with Gasteiger partial charge < -0.3 is 5.11 Å². The molecule has 120 valence electrons. The minimum atomic E-state index is -0.206. The molecule has 1 N–H and O–H groups in total. The van der Waals surface area contributed by atoms with E-state index in [1.807, 2.05) is 19.2 Å². The number of hydrogen-bond donors (Lipinski definition) is 1. The zero-order valence-corrected chi connectivity index (χ0v) is 13.8. The standard InChI is InChI=1S/C21H25NO/c1-3-7-18-10-13-20(14-11-18)21-15-12-19(16-22-21)9-6-4-5-8-17(2)23/h3,6,9-17,23H,1,4-5,7-8H2,2H3/b9-6+. The molecule has 0 saturated heterocycles. The minimum Gasteiger partial charge on any atom is -0.393 e. The molecule has 2 nitrogen and oxygen atoms in total. The van der Waals surface area contributed by atoms with E-state index in [9.17, 15) is 5.11 Å². The second-order valence-corrected chi connectivity index (χ2v) is 5.85. The molecule has 0 bridgehead atoms. The van der Waals surface area contributed by atoms with E-state index in [2.05, 4.69) is 60.1 Å². The monoisotopic (exact) mass is 307 g/mol. The molecule has 0 amide bonds. The number of nitrogens with zero attached hydrogens (tertiary/aromatic N) is 1. The SMILES string of the molecule is C=CCc1ccc(-c2ccc(/C=C/CCCC(C)O)cn2)cc1. The van der Waals surface area contributed by atoms with Crippen LogP contribution in [0.15, 0.2) is 61.3 Å². The average Bonchev–Trinajstić information content (AvgIpc) is 2.56. The van der Waals surface area contributed by atoms with Crippen LogP contribution in [0.25, 0.3) is 17.3 Å². The average molecular weight is 307 g/mol. The van der Waals surface area contributed by atoms with E-state index in [1.165, 1.54) is 5.56 Å². The summed E-state index contributed by atoms with van der Waals surface area (Å²) >= 11 is 0. The molecule has 23 heavy (non-hydrogen) atoms. The van der Waals surface area contributed by atoms with Gasteiger partial charge in [-0.15, -0.1) is 6.58 Å². The van der Waals surface area contributed by atoms with Crippen molar-refractivity contribution < 1.29 is 5.11 Å². The number of aliphatic hydroxyl groups excluding tert-OH is 1. The van der Waals surface area contributed by atoms with Gasteiger partial charge in [0.2, 0.25) is 0 Å². The van der Waals surface area contributed by atoms with Gasteiger partial charge in [0.05, 0.1) is 11.8 Å². The van der Waals surface area contributed by atoms with Crippen LogP contribution in [0, 0.1) is 0 Å². The van der Waals surface area contributed by atoms with E-state index in [4.69, 9.17) is 0 Å². The van der Waals surface area contributed by atoms with Crippen LogP contribution in [0.3, 0.4) is 0 Å². The molecular weight excluding hydrogens is 282 g/mol. The van der Waals surface area contributed by atoms with Crippen molar-refractivity contribution in [2.75, 3.05) is 0 Å². The Kier molecular flexibility index (Phi) is 6.76. The summed E-state index contributed by atoms with van der Waals surface area (Å²) < 4.78 is 0. The first kappa shape index (κ1) is 17.2. The summed E-state index contributed by atoms with van der Waals surface area (Å²) in [6.45, 7) is 5.59. The Labute approximate surface area is 139 Å². The van der Waals surface area contributed by atoms with Gasteiger partial charge in [-0.2, -0.15) is 0 Å². The molecule has 1 aromatic carbocycles. The Morgan fingerprint density at radius 3 is 2.57 bits per heavy atom. The van der Waals surface area contributed by atoms with Gasteiger partial charge >= 0.3 is 0 Å². The van der Waals surface area contributed by atoms with E-state index in [0.717, 1.165) is 42.5 Å². The number of aliphatic hydroxyl groups is 1. The number of allylic oxidation sites excluding steroid dienone is 2. The van der Waals surface area contributed by atoms with E-state index >= 15 is 0 Å². The zero-order valence-electron chi connectivity index (χ0n) is 13.8. The fourth-order valence-electron chi connectivity index (χ4n) is 2.40. The second kappa shape index (κ2) is 9.06. The lowest BCUT2D eigenvalue weighted by molar-refractivity contribution is 0.182. The number of benzene rings is 1. The van der Waals surface area contributed by atoms with Crippen molar-refractivity contribution in [1.29, 1.82) is 0 Å². The van der Waals surface area contributed by atoms with Crippen molar-refractivity contribution >= 4 is 6.08 Å². The lowest BCUT2D eigenvalue weighted by Crippen LogP contribution is -1.97. The molecule has 1 unspecified atom stereocenters. The molecule has 1 atom stereocenters. The largest absolute Gasteiger partial charge is 0.393 e. The first-order chi connectivity index (χ1) is 11.2. The van der Waals surface area contributed by atoms with Crippen molar-refractivity contribution in [3.8, 4) is 11.3 Å². The first-order valence-corrected chi connectivity index (χ1v) is 8.20. The summed E-state index contributed by atoms with van der Waals surface area (Å²) in [7, 11) is 0. The van der Waals surface area contributed by atoms with Gasteiger partial charge in [0.15, 0.2) is 0 Å². The van der Waals surface area contributed by atoms with Gasteiger partial charge in [0.25, 0.3) is 0 Å². The number of rotatable bonds is 8. The van der Waals surface area contributed by atoms with Gasteiger partial charge in [-0.25, -0.2) is 0 Å². The van der Waals surface area contributed by atoms with Crippen molar-refractivity contribution in [1.82, 2.24) is 4.98 Å². The van der Waals surface area contributed by atoms with Gasteiger partial charge in [-0.1, -0.05) is 48.6 Å². The maximum Gasteiger partial charge on any atom is 0.0702 e. The van der Waals surface area contributed by atoms with Crippen LogP contribution in [0.1, 0.15) is 37.3 Å². The molecule has 1 aromatic heterocycles. The molecule has 2 aromatic rings. The van der Waals surface area contributed by atoms with Gasteiger partial charge in [0.1, 0.15) is 0 Å². The van der Waals surface area contributed by atoms with Crippen LogP contribution in [-0.4, -0.2) is 16.2 Å². The van der Waals surface area contributed by atoms with Gasteiger partial charge in [-0.3, -0.25) is 4.98 Å². The highest BCUT2D eigenvalue weighted by Crippen LogP contribution is 2.18. The molecule has 0 aliphatic carbocycles. The summed E-state index contributed by atoms with van der Waals surface area (Å²) in [6.07, 6.45) is 11.6. The van der Waals surface area contributed by atoms with Crippen LogP contribution in [-0.2, 0) is 6.42 Å². The smallest absolute Gasteiger partial charge is 0.0702 e. The molecule has 2 rings (SSSR count). The van der Waals surface area contributed by atoms with Crippen molar-refractivity contribution in [3.05, 3.63) is 72.5 Å². The summed E-state index contributed by atoms with van der Waals surface area (Å²) in [5, 5.41) is 9.22. The summed E-state index contributed by atoms with van der Waals surface area (Å²) in [4.78, 5) is 4.54. The summed E-state index contributed by atoms with van der Waals surface area (Å²) in [5.74, 6) is 0. The molecular formula is C21H25NO. The highest BCUT2D eigenvalue weighted by atomic mass is 16.3. The van der Waals surface area contributed by atoms with E-state index in [0.29, 0.717) is 0 Å². The molecule has 2 heteroatoms. The summed E-state index contributed by atoms with van der Waals surface area (Å²) in [6, 6.07) is 12.6. The third-order valence-corrected chi connectivity index (χ3v) is 3.72. The molecule has 0 aliphatic heterocycles. The molecule has 0 radical (unpaired) electrons. The van der Waals surface area contributed by atoms with E-state index in [-0.39, 0.29) is 6.10 Å². The lowest BCUT2D eigenvalue weighted by Gasteiger charge is -2.03. The number of pyridine rings is 1. The van der Waals surface area contributed by atoms with Crippen LogP contribution < -0.4 is 0 Å². The Bertz CT molecular complexity index is 624. The fraction of sp³-hybridized carbons (Fsp3) is 0.286. The lowest BCUT2D eigenvalue weighted by atomic mass is 10.1. The normalized spacial score (nSPS) is 12.4. The third-order valence-electron chi connectivity index (χ3n) is 3.72. The highest BCUT2D eigenvalue weighted by Gasteiger charge is 1.99. The first-order valence-electron chi connectivity index (χ1n) is 8.20. The molecule has 0 saturated carbocycles. The minimum absolute atomic E-state index is 0.206. The van der Waals surface area contributed by atoms with E-state index < -0.39 is 0 Å². The second-order valence-electron chi connectivity index (χ2n) is 5.85. The Morgan fingerprint density at radius 2 is 1.96 bits per heavy atom. The number of aromatic nitrogens is 1. The van der Waals surface area contributed by atoms with Crippen LogP contribution >= 0.6 is 0 Å². The van der Waals surface area contributed by atoms with Crippen molar-refractivity contribution in [3.63, 3.8) is 0 Å². The molecule has 1 heterocycles. The van der Waals surface area contributed by atoms with Crippen molar-refractivity contribution in [2.45, 2.75) is 38.7 Å². The van der Waals surface area contributed by atoms with Gasteiger partial charge in [0, 0.05) is 11.8 Å². The predicted octanol–water partition coefficient (Wildman–Crippen LogP) is 5.04. The van der Waals surface area contributed by atoms with Crippen LogP contribution in [0.4, 0.5) is 0 Å². The third kappa shape index (κ3) is 5.84. The maximum absolute atomic E-state index is 9.22. The zero-order chi connectivity index (χ0) is 16.5. The maximum atomic E-state index is 9.22. The summed E-state index contributed by atoms with van der Waals surface area (Å²) in [5.41, 5.74) is 4.49. The highest BCUT2D eigenvalue weighted by molar-refractivity contribution is 5.61. The topological polar surface area (TPSA) is 33.1 Å². The van der Waals surface area contributed by atoms with Crippen LogP contribution in [0.5, 0.6) is 0 Å². The predicted molar refractivity (Wildman–Crippen MR) is 98.1 cm³/mol.